The second kappa shape index (κ2) is 5.72. The van der Waals surface area contributed by atoms with Gasteiger partial charge in [-0.05, 0) is 44.7 Å². The summed E-state index contributed by atoms with van der Waals surface area (Å²) in [6.45, 7) is 8.38. The van der Waals surface area contributed by atoms with Gasteiger partial charge < -0.3 is 10.2 Å². The molecule has 0 atom stereocenters. The summed E-state index contributed by atoms with van der Waals surface area (Å²) in [6, 6.07) is 8.37. The van der Waals surface area contributed by atoms with Crippen molar-refractivity contribution in [2.45, 2.75) is 33.6 Å². The van der Waals surface area contributed by atoms with Crippen LogP contribution < -0.4 is 10.2 Å². The van der Waals surface area contributed by atoms with Crippen molar-refractivity contribution in [3.8, 4) is 0 Å². The average Bonchev–Trinajstić information content (AvgIpc) is 2.97. The Kier molecular flexibility index (Phi) is 3.78. The molecule has 0 spiro atoms. The van der Waals surface area contributed by atoms with E-state index in [1.165, 1.54) is 24.0 Å². The Hall–Kier alpha value is -2.10. The highest BCUT2D eigenvalue weighted by Gasteiger charge is 2.15. The molecule has 1 aromatic carbocycles. The van der Waals surface area contributed by atoms with Crippen molar-refractivity contribution in [2.75, 3.05) is 23.3 Å². The molecule has 4 nitrogen and oxygen atoms in total. The van der Waals surface area contributed by atoms with Gasteiger partial charge in [0.25, 0.3) is 0 Å². The first-order chi connectivity index (χ1) is 10.1. The Labute approximate surface area is 126 Å². The lowest BCUT2D eigenvalue weighted by Crippen LogP contribution is -2.19. The Balaban J connectivity index is 1.91. The molecule has 0 unspecified atom stereocenters. The van der Waals surface area contributed by atoms with Crippen LogP contribution in [-0.2, 0) is 0 Å². The molecular weight excluding hydrogens is 260 g/mol. The van der Waals surface area contributed by atoms with Crippen molar-refractivity contribution in [1.29, 1.82) is 0 Å². The zero-order valence-electron chi connectivity index (χ0n) is 13.0. The number of aryl methyl sites for hydroxylation is 3. The third kappa shape index (κ3) is 2.99. The van der Waals surface area contributed by atoms with Crippen LogP contribution in [0.1, 0.15) is 29.8 Å². The number of nitrogens with one attached hydrogen (secondary N) is 1. The topological polar surface area (TPSA) is 41.1 Å². The van der Waals surface area contributed by atoms with Gasteiger partial charge in [0.15, 0.2) is 0 Å². The van der Waals surface area contributed by atoms with Gasteiger partial charge in [0.1, 0.15) is 17.5 Å². The number of nitrogens with zero attached hydrogens (tertiary/aromatic N) is 3. The standard InChI is InChI=1S/C17H22N4/c1-12-7-6-8-13(2)17(12)20-15-11-16(19-14(3)18-15)21-9-4-5-10-21/h6-8,11H,4-5,9-10H2,1-3H3,(H,18,19,20). The van der Waals surface area contributed by atoms with Gasteiger partial charge in [-0.15, -0.1) is 0 Å². The van der Waals surface area contributed by atoms with Gasteiger partial charge in [-0.25, -0.2) is 9.97 Å². The maximum atomic E-state index is 4.58. The lowest BCUT2D eigenvalue weighted by Gasteiger charge is -2.18. The van der Waals surface area contributed by atoms with Crippen molar-refractivity contribution < 1.29 is 0 Å². The number of hydrogen-bond donors (Lipinski definition) is 1. The summed E-state index contributed by atoms with van der Waals surface area (Å²) >= 11 is 0. The molecule has 1 aliphatic rings. The van der Waals surface area contributed by atoms with Crippen LogP contribution in [0, 0.1) is 20.8 Å². The van der Waals surface area contributed by atoms with E-state index in [0.29, 0.717) is 0 Å². The van der Waals surface area contributed by atoms with Crippen LogP contribution in [0.25, 0.3) is 0 Å². The Bertz CT molecular complexity index is 625. The van der Waals surface area contributed by atoms with E-state index in [9.17, 15) is 0 Å². The van der Waals surface area contributed by atoms with Crippen LogP contribution >= 0.6 is 0 Å². The smallest absolute Gasteiger partial charge is 0.136 e. The molecule has 4 heteroatoms. The number of rotatable bonds is 3. The van der Waals surface area contributed by atoms with Crippen LogP contribution in [-0.4, -0.2) is 23.1 Å². The molecule has 1 N–H and O–H groups in total. The van der Waals surface area contributed by atoms with Crippen molar-refractivity contribution in [3.63, 3.8) is 0 Å². The lowest BCUT2D eigenvalue weighted by atomic mass is 10.1. The first kappa shape index (κ1) is 13.9. The zero-order chi connectivity index (χ0) is 14.8. The normalized spacial score (nSPS) is 14.5. The number of para-hydroxylation sites is 1. The Morgan fingerprint density at radius 3 is 2.33 bits per heavy atom. The molecule has 3 rings (SSSR count). The second-order valence-electron chi connectivity index (χ2n) is 5.74. The van der Waals surface area contributed by atoms with Gasteiger partial charge >= 0.3 is 0 Å². The first-order valence-corrected chi connectivity index (χ1v) is 7.57. The summed E-state index contributed by atoms with van der Waals surface area (Å²) in [7, 11) is 0. The van der Waals surface area contributed by atoms with Gasteiger partial charge in [0.05, 0.1) is 0 Å². The molecule has 0 bridgehead atoms. The van der Waals surface area contributed by atoms with Gasteiger partial charge in [-0.1, -0.05) is 18.2 Å². The maximum Gasteiger partial charge on any atom is 0.136 e. The summed E-state index contributed by atoms with van der Waals surface area (Å²) in [5.41, 5.74) is 3.60. The number of anilines is 3. The van der Waals surface area contributed by atoms with E-state index in [2.05, 4.69) is 58.3 Å². The van der Waals surface area contributed by atoms with Crippen LogP contribution in [0.4, 0.5) is 17.3 Å². The molecular formula is C17H22N4. The minimum absolute atomic E-state index is 0.813. The zero-order valence-corrected chi connectivity index (χ0v) is 13.0. The Morgan fingerprint density at radius 1 is 1.00 bits per heavy atom. The number of benzene rings is 1. The third-order valence-corrected chi connectivity index (χ3v) is 3.99. The second-order valence-corrected chi connectivity index (χ2v) is 5.74. The van der Waals surface area contributed by atoms with Gasteiger partial charge in [0, 0.05) is 24.8 Å². The predicted octanol–water partition coefficient (Wildman–Crippen LogP) is 3.75. The molecule has 2 aromatic rings. The highest BCUT2D eigenvalue weighted by atomic mass is 15.2. The monoisotopic (exact) mass is 282 g/mol. The third-order valence-electron chi connectivity index (χ3n) is 3.99. The summed E-state index contributed by atoms with van der Waals surface area (Å²) in [5.74, 6) is 2.73. The molecule has 0 amide bonds. The number of hydrogen-bond acceptors (Lipinski definition) is 4. The van der Waals surface area contributed by atoms with Gasteiger partial charge in [0.2, 0.25) is 0 Å². The van der Waals surface area contributed by atoms with E-state index >= 15 is 0 Å². The van der Waals surface area contributed by atoms with Crippen LogP contribution in [0.5, 0.6) is 0 Å². The average molecular weight is 282 g/mol. The van der Waals surface area contributed by atoms with Crippen molar-refractivity contribution >= 4 is 17.3 Å². The predicted molar refractivity (Wildman–Crippen MR) is 87.4 cm³/mol. The highest BCUT2D eigenvalue weighted by molar-refractivity contribution is 5.66. The molecule has 1 saturated heterocycles. The molecule has 21 heavy (non-hydrogen) atoms. The van der Waals surface area contributed by atoms with E-state index in [0.717, 1.165) is 36.2 Å². The molecule has 0 aliphatic carbocycles. The van der Waals surface area contributed by atoms with E-state index in [1.54, 1.807) is 0 Å². The van der Waals surface area contributed by atoms with Crippen molar-refractivity contribution in [2.24, 2.45) is 0 Å². The minimum atomic E-state index is 0.813. The van der Waals surface area contributed by atoms with E-state index in [4.69, 9.17) is 0 Å². The van der Waals surface area contributed by atoms with Crippen molar-refractivity contribution in [3.05, 3.63) is 41.2 Å². The maximum absolute atomic E-state index is 4.58. The first-order valence-electron chi connectivity index (χ1n) is 7.57. The molecule has 110 valence electrons. The summed E-state index contributed by atoms with van der Waals surface area (Å²) in [6.07, 6.45) is 2.51. The largest absolute Gasteiger partial charge is 0.356 e. The molecule has 1 aromatic heterocycles. The quantitative estimate of drug-likeness (QED) is 0.931. The van der Waals surface area contributed by atoms with E-state index in [1.807, 2.05) is 6.92 Å². The molecule has 0 saturated carbocycles. The fourth-order valence-corrected chi connectivity index (χ4v) is 2.86. The molecule has 1 aliphatic heterocycles. The van der Waals surface area contributed by atoms with E-state index in [-0.39, 0.29) is 0 Å². The number of aromatic nitrogens is 2. The van der Waals surface area contributed by atoms with Crippen LogP contribution in [0.15, 0.2) is 24.3 Å². The SMILES string of the molecule is Cc1nc(Nc2c(C)cccc2C)cc(N2CCCC2)n1. The fourth-order valence-electron chi connectivity index (χ4n) is 2.86. The van der Waals surface area contributed by atoms with Gasteiger partial charge in [-0.2, -0.15) is 0 Å². The van der Waals surface area contributed by atoms with Crippen LogP contribution in [0.3, 0.4) is 0 Å². The minimum Gasteiger partial charge on any atom is -0.356 e. The summed E-state index contributed by atoms with van der Waals surface area (Å²) < 4.78 is 0. The summed E-state index contributed by atoms with van der Waals surface area (Å²) in [5, 5.41) is 3.47. The molecule has 0 radical (unpaired) electrons. The lowest BCUT2D eigenvalue weighted by molar-refractivity contribution is 0.911. The van der Waals surface area contributed by atoms with Crippen LogP contribution in [0.2, 0.25) is 0 Å². The molecule has 1 fully saturated rings. The molecule has 2 heterocycles. The summed E-state index contributed by atoms with van der Waals surface area (Å²) in [4.78, 5) is 11.4. The Morgan fingerprint density at radius 2 is 1.67 bits per heavy atom. The van der Waals surface area contributed by atoms with Crippen molar-refractivity contribution in [1.82, 2.24) is 9.97 Å². The van der Waals surface area contributed by atoms with E-state index < -0.39 is 0 Å². The highest BCUT2D eigenvalue weighted by Crippen LogP contribution is 2.26. The van der Waals surface area contributed by atoms with Gasteiger partial charge in [-0.3, -0.25) is 0 Å². The fraction of sp³-hybridized carbons (Fsp3) is 0.412.